The van der Waals surface area contributed by atoms with Crippen LogP contribution in [0.3, 0.4) is 0 Å². The quantitative estimate of drug-likeness (QED) is 0.810. The summed E-state index contributed by atoms with van der Waals surface area (Å²) in [6.07, 6.45) is 2.41. The molecule has 7 heteroatoms. The lowest BCUT2D eigenvalue weighted by atomic mass is 10.0. The first kappa shape index (κ1) is 19.0. The molecule has 1 aliphatic heterocycles. The van der Waals surface area contributed by atoms with Gasteiger partial charge in [-0.1, -0.05) is 37.3 Å². The van der Waals surface area contributed by atoms with Crippen molar-refractivity contribution in [3.63, 3.8) is 0 Å². The molecular weight excluding hydrogens is 374 g/mol. The van der Waals surface area contributed by atoms with E-state index in [0.717, 1.165) is 18.5 Å². The van der Waals surface area contributed by atoms with Gasteiger partial charge in [-0.05, 0) is 55.0 Å². The molecule has 3 unspecified atom stereocenters. The molecule has 2 fully saturated rings. The number of nitrogens with one attached hydrogen (secondary N) is 2. The highest BCUT2D eigenvalue weighted by Crippen LogP contribution is 2.38. The van der Waals surface area contributed by atoms with Crippen LogP contribution < -0.4 is 10.0 Å². The Morgan fingerprint density at radius 2 is 1.89 bits per heavy atom. The standard InChI is InChI=1S/C21H25N3O3S/c1-2-15-7-6-8-17(11-15)22-21(25)24-14-16-12-18(24)13-20(16)23-28(26,27)19-9-4-3-5-10-19/h3-11,16,18,20,23H,2,12-14H2,1H3,(H,22,25). The van der Waals surface area contributed by atoms with Crippen LogP contribution in [0.1, 0.15) is 25.3 Å². The SMILES string of the molecule is CCc1cccc(NC(=O)N2CC3CC2CC3NS(=O)(=O)c2ccccc2)c1. The van der Waals surface area contributed by atoms with Crippen LogP contribution in [0.5, 0.6) is 0 Å². The Bertz CT molecular complexity index is 962. The topological polar surface area (TPSA) is 78.5 Å². The predicted molar refractivity (Wildman–Crippen MR) is 109 cm³/mol. The van der Waals surface area contributed by atoms with E-state index in [1.54, 1.807) is 30.3 Å². The molecule has 0 radical (unpaired) electrons. The Hall–Kier alpha value is -2.38. The number of sulfonamides is 1. The van der Waals surface area contributed by atoms with Gasteiger partial charge in [0.15, 0.2) is 0 Å². The lowest BCUT2D eigenvalue weighted by molar-refractivity contribution is 0.188. The zero-order valence-electron chi connectivity index (χ0n) is 15.8. The van der Waals surface area contributed by atoms with E-state index in [1.807, 2.05) is 29.2 Å². The van der Waals surface area contributed by atoms with Crippen molar-refractivity contribution in [2.24, 2.45) is 5.92 Å². The molecule has 0 aromatic heterocycles. The highest BCUT2D eigenvalue weighted by atomic mass is 32.2. The lowest BCUT2D eigenvalue weighted by Crippen LogP contribution is -2.48. The third-order valence-electron chi connectivity index (χ3n) is 5.75. The normalized spacial score (nSPS) is 23.8. The number of fused-ring (bicyclic) bond motifs is 2. The van der Waals surface area contributed by atoms with Gasteiger partial charge in [-0.2, -0.15) is 0 Å². The minimum absolute atomic E-state index is 0.0721. The van der Waals surface area contributed by atoms with Gasteiger partial charge < -0.3 is 10.2 Å². The van der Waals surface area contributed by atoms with Gasteiger partial charge in [0.1, 0.15) is 0 Å². The summed E-state index contributed by atoms with van der Waals surface area (Å²) in [5.41, 5.74) is 1.98. The molecule has 0 spiro atoms. The van der Waals surface area contributed by atoms with Crippen molar-refractivity contribution in [2.45, 2.75) is 43.2 Å². The third-order valence-corrected chi connectivity index (χ3v) is 7.26. The number of likely N-dealkylation sites (tertiary alicyclic amines) is 1. The minimum Gasteiger partial charge on any atom is -0.321 e. The molecule has 2 aliphatic rings. The summed E-state index contributed by atoms with van der Waals surface area (Å²) < 4.78 is 28.0. The first-order chi connectivity index (χ1) is 13.5. The highest BCUT2D eigenvalue weighted by Gasteiger charge is 2.47. The number of rotatable bonds is 5. The van der Waals surface area contributed by atoms with Gasteiger partial charge in [-0.25, -0.2) is 17.9 Å². The number of hydrogen-bond donors (Lipinski definition) is 2. The monoisotopic (exact) mass is 399 g/mol. The van der Waals surface area contributed by atoms with E-state index in [0.29, 0.717) is 13.0 Å². The second-order valence-electron chi connectivity index (χ2n) is 7.56. The van der Waals surface area contributed by atoms with E-state index in [9.17, 15) is 13.2 Å². The maximum absolute atomic E-state index is 12.7. The largest absolute Gasteiger partial charge is 0.322 e. The fraction of sp³-hybridized carbons (Fsp3) is 0.381. The maximum Gasteiger partial charge on any atom is 0.322 e. The second kappa shape index (κ2) is 7.56. The highest BCUT2D eigenvalue weighted by molar-refractivity contribution is 7.89. The van der Waals surface area contributed by atoms with Crippen LogP contribution in [-0.4, -0.2) is 38.0 Å². The molecule has 28 heavy (non-hydrogen) atoms. The van der Waals surface area contributed by atoms with Crippen LogP contribution in [0.25, 0.3) is 0 Å². The number of piperidine rings is 1. The van der Waals surface area contributed by atoms with Crippen molar-refractivity contribution >= 4 is 21.7 Å². The Morgan fingerprint density at radius 1 is 1.11 bits per heavy atom. The van der Waals surface area contributed by atoms with Crippen LogP contribution >= 0.6 is 0 Å². The van der Waals surface area contributed by atoms with Gasteiger partial charge in [0.25, 0.3) is 0 Å². The van der Waals surface area contributed by atoms with Crippen molar-refractivity contribution in [3.05, 3.63) is 60.2 Å². The van der Waals surface area contributed by atoms with E-state index >= 15 is 0 Å². The average molecular weight is 400 g/mol. The number of carbonyl (C=O) groups excluding carboxylic acids is 1. The summed E-state index contributed by atoms with van der Waals surface area (Å²) in [6.45, 7) is 2.66. The summed E-state index contributed by atoms with van der Waals surface area (Å²) >= 11 is 0. The first-order valence-electron chi connectivity index (χ1n) is 9.70. The third kappa shape index (κ3) is 3.77. The van der Waals surface area contributed by atoms with E-state index in [2.05, 4.69) is 17.0 Å². The lowest BCUT2D eigenvalue weighted by Gasteiger charge is -2.32. The van der Waals surface area contributed by atoms with Crippen LogP contribution in [0, 0.1) is 5.92 Å². The van der Waals surface area contributed by atoms with Gasteiger partial charge in [-0.15, -0.1) is 0 Å². The molecular formula is C21H25N3O3S. The number of carbonyl (C=O) groups is 1. The number of anilines is 1. The number of benzene rings is 2. The Morgan fingerprint density at radius 3 is 2.57 bits per heavy atom. The Labute approximate surface area is 166 Å². The van der Waals surface area contributed by atoms with E-state index < -0.39 is 10.0 Å². The molecule has 1 saturated heterocycles. The van der Waals surface area contributed by atoms with Gasteiger partial charge in [0.05, 0.1) is 4.90 Å². The zero-order valence-corrected chi connectivity index (χ0v) is 16.7. The minimum atomic E-state index is -3.53. The molecule has 1 heterocycles. The molecule has 148 valence electrons. The van der Waals surface area contributed by atoms with Crippen LogP contribution in [0.2, 0.25) is 0 Å². The zero-order chi connectivity index (χ0) is 19.7. The number of amides is 2. The molecule has 1 saturated carbocycles. The molecule has 3 atom stereocenters. The maximum atomic E-state index is 12.7. The number of nitrogens with zero attached hydrogens (tertiary/aromatic N) is 1. The van der Waals surface area contributed by atoms with Gasteiger partial charge >= 0.3 is 6.03 Å². The van der Waals surface area contributed by atoms with E-state index in [1.165, 1.54) is 5.56 Å². The summed E-state index contributed by atoms with van der Waals surface area (Å²) in [6, 6.07) is 16.1. The van der Waals surface area contributed by atoms with Crippen molar-refractivity contribution in [3.8, 4) is 0 Å². The molecule has 2 aromatic carbocycles. The number of aryl methyl sites for hydroxylation is 1. The molecule has 2 bridgehead atoms. The van der Waals surface area contributed by atoms with Gasteiger partial charge in [0.2, 0.25) is 10.0 Å². The van der Waals surface area contributed by atoms with Crippen LogP contribution in [-0.2, 0) is 16.4 Å². The van der Waals surface area contributed by atoms with Gasteiger partial charge in [-0.3, -0.25) is 0 Å². The molecule has 2 N–H and O–H groups in total. The Balaban J connectivity index is 1.38. The predicted octanol–water partition coefficient (Wildman–Crippen LogP) is 3.22. The number of urea groups is 1. The van der Waals surface area contributed by atoms with Crippen molar-refractivity contribution in [1.82, 2.24) is 9.62 Å². The van der Waals surface area contributed by atoms with E-state index in [4.69, 9.17) is 0 Å². The number of hydrogen-bond acceptors (Lipinski definition) is 3. The summed E-state index contributed by atoms with van der Waals surface area (Å²) in [7, 11) is -3.53. The molecule has 2 aromatic rings. The molecule has 1 aliphatic carbocycles. The van der Waals surface area contributed by atoms with E-state index in [-0.39, 0.29) is 28.9 Å². The summed E-state index contributed by atoms with van der Waals surface area (Å²) in [5.74, 6) is 0.149. The smallest absolute Gasteiger partial charge is 0.321 e. The fourth-order valence-corrected chi connectivity index (χ4v) is 5.62. The van der Waals surface area contributed by atoms with Crippen LogP contribution in [0.15, 0.2) is 59.5 Å². The van der Waals surface area contributed by atoms with Crippen molar-refractivity contribution < 1.29 is 13.2 Å². The second-order valence-corrected chi connectivity index (χ2v) is 9.28. The molecule has 6 nitrogen and oxygen atoms in total. The van der Waals surface area contributed by atoms with Gasteiger partial charge in [0, 0.05) is 24.3 Å². The average Bonchev–Trinajstić information content (AvgIpc) is 3.29. The summed E-state index contributed by atoms with van der Waals surface area (Å²) in [5, 5.41) is 2.98. The summed E-state index contributed by atoms with van der Waals surface area (Å²) in [4.78, 5) is 14.8. The van der Waals surface area contributed by atoms with Crippen molar-refractivity contribution in [2.75, 3.05) is 11.9 Å². The fourth-order valence-electron chi connectivity index (χ4n) is 4.28. The molecule has 2 amide bonds. The van der Waals surface area contributed by atoms with Crippen molar-refractivity contribution in [1.29, 1.82) is 0 Å². The Kier molecular flexibility index (Phi) is 5.12. The molecule has 4 rings (SSSR count). The first-order valence-corrected chi connectivity index (χ1v) is 11.2. The van der Waals surface area contributed by atoms with Crippen LogP contribution in [0.4, 0.5) is 10.5 Å².